The van der Waals surface area contributed by atoms with Crippen LogP contribution in [0.2, 0.25) is 0 Å². The third kappa shape index (κ3) is 2.42. The maximum atomic E-state index is 11.1. The maximum absolute atomic E-state index is 11.1. The highest BCUT2D eigenvalue weighted by atomic mass is 16.4. The molecule has 2 heterocycles. The van der Waals surface area contributed by atoms with Gasteiger partial charge in [0.15, 0.2) is 0 Å². The number of carboxylic acids is 1. The molecular weight excluding hydrogens is 282 g/mol. The fourth-order valence-electron chi connectivity index (χ4n) is 2.30. The number of carbonyl (C=O) groups excluding carboxylic acids is 1. The average molecular weight is 295 g/mol. The van der Waals surface area contributed by atoms with Crippen molar-refractivity contribution in [3.05, 3.63) is 54.2 Å². The van der Waals surface area contributed by atoms with Gasteiger partial charge in [0.2, 0.25) is 0 Å². The highest BCUT2D eigenvalue weighted by Crippen LogP contribution is 2.29. The Hall–Kier alpha value is -3.15. The summed E-state index contributed by atoms with van der Waals surface area (Å²) in [7, 11) is 0. The number of carbonyl (C=O) groups is 2. The van der Waals surface area contributed by atoms with Crippen LogP contribution in [0.4, 0.5) is 5.82 Å². The SMILES string of the molecule is O=CCNc1c(-c2cccc(C(=O)O)c2)nc2ccccn12. The molecule has 2 N–H and O–H groups in total. The molecule has 0 saturated heterocycles. The first-order valence-electron chi connectivity index (χ1n) is 6.69. The number of fused-ring (bicyclic) bond motifs is 1. The van der Waals surface area contributed by atoms with Crippen LogP contribution in [0.15, 0.2) is 48.7 Å². The molecular formula is C16H13N3O3. The molecule has 3 rings (SSSR count). The van der Waals surface area contributed by atoms with Crippen molar-refractivity contribution in [2.24, 2.45) is 0 Å². The zero-order chi connectivity index (χ0) is 15.5. The van der Waals surface area contributed by atoms with E-state index in [4.69, 9.17) is 5.11 Å². The molecule has 0 radical (unpaired) electrons. The summed E-state index contributed by atoms with van der Waals surface area (Å²) in [5.74, 6) is -0.335. The van der Waals surface area contributed by atoms with Gasteiger partial charge in [-0.3, -0.25) is 4.40 Å². The van der Waals surface area contributed by atoms with Crippen molar-refractivity contribution in [3.8, 4) is 11.3 Å². The minimum absolute atomic E-state index is 0.147. The highest BCUT2D eigenvalue weighted by molar-refractivity contribution is 5.90. The number of hydrogen-bond donors (Lipinski definition) is 2. The van der Waals surface area contributed by atoms with Crippen LogP contribution in [-0.2, 0) is 4.79 Å². The summed E-state index contributed by atoms with van der Waals surface area (Å²) in [5.41, 5.74) is 2.19. The molecule has 0 aliphatic carbocycles. The standard InChI is InChI=1S/C16H13N3O3/c20-9-7-17-15-14(18-13-6-1-2-8-19(13)15)11-4-3-5-12(10-11)16(21)22/h1-6,8-10,17H,7H2,(H,21,22). The zero-order valence-corrected chi connectivity index (χ0v) is 11.6. The molecule has 2 aromatic heterocycles. The van der Waals surface area contributed by atoms with Gasteiger partial charge in [0.25, 0.3) is 0 Å². The molecule has 0 unspecified atom stereocenters. The summed E-state index contributed by atoms with van der Waals surface area (Å²) < 4.78 is 1.83. The Balaban J connectivity index is 2.18. The van der Waals surface area contributed by atoms with Gasteiger partial charge in [0.1, 0.15) is 23.4 Å². The molecule has 3 aromatic rings. The van der Waals surface area contributed by atoms with Gasteiger partial charge in [-0.2, -0.15) is 0 Å². The number of aldehydes is 1. The average Bonchev–Trinajstić information content (AvgIpc) is 2.91. The predicted molar refractivity (Wildman–Crippen MR) is 82.1 cm³/mol. The van der Waals surface area contributed by atoms with E-state index in [9.17, 15) is 9.59 Å². The summed E-state index contributed by atoms with van der Waals surface area (Å²) in [6.07, 6.45) is 2.60. The van der Waals surface area contributed by atoms with E-state index in [2.05, 4.69) is 10.3 Å². The van der Waals surface area contributed by atoms with Gasteiger partial charge in [-0.05, 0) is 24.3 Å². The second-order valence-corrected chi connectivity index (χ2v) is 4.67. The van der Waals surface area contributed by atoms with Crippen molar-refractivity contribution in [1.82, 2.24) is 9.38 Å². The second-order valence-electron chi connectivity index (χ2n) is 4.67. The van der Waals surface area contributed by atoms with Crippen molar-refractivity contribution in [1.29, 1.82) is 0 Å². The molecule has 0 fully saturated rings. The van der Waals surface area contributed by atoms with E-state index >= 15 is 0 Å². The van der Waals surface area contributed by atoms with Gasteiger partial charge >= 0.3 is 5.97 Å². The predicted octanol–water partition coefficient (Wildman–Crippen LogP) is 2.31. The van der Waals surface area contributed by atoms with E-state index in [1.165, 1.54) is 6.07 Å². The van der Waals surface area contributed by atoms with Gasteiger partial charge in [0, 0.05) is 11.8 Å². The van der Waals surface area contributed by atoms with E-state index in [0.717, 1.165) is 6.29 Å². The van der Waals surface area contributed by atoms with Gasteiger partial charge in [-0.15, -0.1) is 0 Å². The summed E-state index contributed by atoms with van der Waals surface area (Å²) in [6.45, 7) is 0.147. The second kappa shape index (κ2) is 5.69. The quantitative estimate of drug-likeness (QED) is 0.706. The van der Waals surface area contributed by atoms with E-state index in [1.54, 1.807) is 18.2 Å². The Kier molecular flexibility index (Phi) is 3.57. The molecule has 1 aromatic carbocycles. The van der Waals surface area contributed by atoms with E-state index in [0.29, 0.717) is 22.7 Å². The minimum atomic E-state index is -0.993. The third-order valence-electron chi connectivity index (χ3n) is 3.27. The molecule has 0 aliphatic rings. The Morgan fingerprint density at radius 3 is 2.91 bits per heavy atom. The minimum Gasteiger partial charge on any atom is -0.478 e. The summed E-state index contributed by atoms with van der Waals surface area (Å²) in [4.78, 5) is 26.3. The van der Waals surface area contributed by atoms with Crippen LogP contribution in [0.5, 0.6) is 0 Å². The van der Waals surface area contributed by atoms with Crippen LogP contribution in [-0.4, -0.2) is 33.3 Å². The normalized spacial score (nSPS) is 10.5. The monoisotopic (exact) mass is 295 g/mol. The molecule has 0 bridgehead atoms. The number of nitrogens with one attached hydrogen (secondary N) is 1. The highest BCUT2D eigenvalue weighted by Gasteiger charge is 2.14. The molecule has 110 valence electrons. The number of aromatic carboxylic acids is 1. The lowest BCUT2D eigenvalue weighted by atomic mass is 10.1. The summed E-state index contributed by atoms with van der Waals surface area (Å²) in [5, 5.41) is 12.1. The number of carboxylic acid groups (broad SMARTS) is 1. The van der Waals surface area contributed by atoms with E-state index < -0.39 is 5.97 Å². The Bertz CT molecular complexity index is 855. The van der Waals surface area contributed by atoms with Crippen LogP contribution in [0, 0.1) is 0 Å². The van der Waals surface area contributed by atoms with Crippen LogP contribution in [0.3, 0.4) is 0 Å². The number of anilines is 1. The maximum Gasteiger partial charge on any atom is 0.335 e. The topological polar surface area (TPSA) is 83.7 Å². The van der Waals surface area contributed by atoms with Crippen molar-refractivity contribution in [2.75, 3.05) is 11.9 Å². The Labute approximate surface area is 126 Å². The number of nitrogens with zero attached hydrogens (tertiary/aromatic N) is 2. The van der Waals surface area contributed by atoms with Crippen molar-refractivity contribution >= 4 is 23.7 Å². The summed E-state index contributed by atoms with van der Waals surface area (Å²) in [6, 6.07) is 12.1. The number of hydrogen-bond acceptors (Lipinski definition) is 4. The molecule has 22 heavy (non-hydrogen) atoms. The van der Waals surface area contributed by atoms with Crippen molar-refractivity contribution in [2.45, 2.75) is 0 Å². The largest absolute Gasteiger partial charge is 0.478 e. The van der Waals surface area contributed by atoms with Crippen molar-refractivity contribution < 1.29 is 14.7 Å². The fraction of sp³-hybridized carbons (Fsp3) is 0.0625. The molecule has 0 spiro atoms. The number of benzene rings is 1. The van der Waals surface area contributed by atoms with Crippen LogP contribution in [0.25, 0.3) is 16.9 Å². The fourth-order valence-corrected chi connectivity index (χ4v) is 2.30. The number of aromatic nitrogens is 2. The van der Waals surface area contributed by atoms with Gasteiger partial charge in [-0.1, -0.05) is 18.2 Å². The number of rotatable bonds is 5. The first kappa shape index (κ1) is 13.8. The summed E-state index contributed by atoms with van der Waals surface area (Å²) >= 11 is 0. The first-order valence-corrected chi connectivity index (χ1v) is 6.69. The van der Waals surface area contributed by atoms with Gasteiger partial charge < -0.3 is 15.2 Å². The lowest BCUT2D eigenvalue weighted by molar-refractivity contribution is -0.106. The first-order chi connectivity index (χ1) is 10.7. The van der Waals surface area contributed by atoms with Gasteiger partial charge in [-0.25, -0.2) is 9.78 Å². The lowest BCUT2D eigenvalue weighted by Gasteiger charge is -2.06. The van der Waals surface area contributed by atoms with E-state index in [1.807, 2.05) is 28.8 Å². The lowest BCUT2D eigenvalue weighted by Crippen LogP contribution is -2.05. The third-order valence-corrected chi connectivity index (χ3v) is 3.27. The molecule has 6 heteroatoms. The van der Waals surface area contributed by atoms with Gasteiger partial charge in [0.05, 0.1) is 12.1 Å². The molecule has 0 aliphatic heterocycles. The molecule has 0 amide bonds. The Morgan fingerprint density at radius 2 is 2.14 bits per heavy atom. The molecule has 0 saturated carbocycles. The van der Waals surface area contributed by atoms with Crippen molar-refractivity contribution in [3.63, 3.8) is 0 Å². The molecule has 6 nitrogen and oxygen atoms in total. The van der Waals surface area contributed by atoms with Crippen LogP contribution in [0.1, 0.15) is 10.4 Å². The smallest absolute Gasteiger partial charge is 0.335 e. The number of imidazole rings is 1. The van der Waals surface area contributed by atoms with E-state index in [-0.39, 0.29) is 12.1 Å². The number of pyridine rings is 1. The van der Waals surface area contributed by atoms with Crippen LogP contribution < -0.4 is 5.32 Å². The Morgan fingerprint density at radius 1 is 1.27 bits per heavy atom. The van der Waals surface area contributed by atoms with Crippen LogP contribution >= 0.6 is 0 Å². The molecule has 0 atom stereocenters. The zero-order valence-electron chi connectivity index (χ0n) is 11.6.